The number of nitrogens with two attached hydrogens (primary N) is 1. The highest BCUT2D eigenvalue weighted by molar-refractivity contribution is 5.94. The molecule has 0 spiro atoms. The minimum atomic E-state index is -1.17. The number of rotatable bonds is 11. The first-order valence-electron chi connectivity index (χ1n) is 11.3. The zero-order chi connectivity index (χ0) is 25.3. The maximum atomic E-state index is 13.1. The zero-order valence-electron chi connectivity index (χ0n) is 19.5. The second-order valence-corrected chi connectivity index (χ2v) is 8.55. The molecule has 0 unspecified atom stereocenters. The Kier molecular flexibility index (Phi) is 9.99. The van der Waals surface area contributed by atoms with Crippen LogP contribution in [0.1, 0.15) is 32.3 Å². The van der Waals surface area contributed by atoms with Crippen LogP contribution >= 0.6 is 0 Å². The molecular weight excluding hydrogens is 442 g/mol. The molecule has 186 valence electrons. The van der Waals surface area contributed by atoms with Gasteiger partial charge in [-0.25, -0.2) is 4.79 Å². The van der Waals surface area contributed by atoms with Gasteiger partial charge in [0.2, 0.25) is 23.6 Å². The molecule has 0 radical (unpaired) electrons. The van der Waals surface area contributed by atoms with E-state index >= 15 is 0 Å². The van der Waals surface area contributed by atoms with E-state index in [1.54, 1.807) is 38.1 Å². The Labute approximate surface area is 198 Å². The number of nitrogens with zero attached hydrogens (tertiary/aromatic N) is 1. The molecule has 3 atom stereocenters. The van der Waals surface area contributed by atoms with Crippen molar-refractivity contribution in [2.24, 2.45) is 11.7 Å². The first kappa shape index (κ1) is 26.8. The van der Waals surface area contributed by atoms with Crippen LogP contribution in [-0.4, -0.2) is 77.4 Å². The molecule has 0 bridgehead atoms. The molecular formula is C23H33N5O6. The fourth-order valence-corrected chi connectivity index (χ4v) is 3.78. The molecule has 1 aromatic rings. The summed E-state index contributed by atoms with van der Waals surface area (Å²) in [6.45, 7) is 3.17. The highest BCUT2D eigenvalue weighted by Gasteiger charge is 2.36. The molecule has 1 heterocycles. The third-order valence-electron chi connectivity index (χ3n) is 5.64. The van der Waals surface area contributed by atoms with Crippen molar-refractivity contribution < 1.29 is 29.1 Å². The molecule has 34 heavy (non-hydrogen) atoms. The smallest absolute Gasteiger partial charge is 0.326 e. The summed E-state index contributed by atoms with van der Waals surface area (Å²) in [5.41, 5.74) is 6.01. The maximum Gasteiger partial charge on any atom is 0.326 e. The van der Waals surface area contributed by atoms with Gasteiger partial charge in [-0.3, -0.25) is 19.2 Å². The molecule has 6 N–H and O–H groups in total. The van der Waals surface area contributed by atoms with Gasteiger partial charge in [0.15, 0.2) is 0 Å². The molecule has 1 aliphatic rings. The number of amides is 4. The van der Waals surface area contributed by atoms with E-state index in [0.29, 0.717) is 19.4 Å². The average molecular weight is 476 g/mol. The summed E-state index contributed by atoms with van der Waals surface area (Å²) in [4.78, 5) is 62.9. The second kappa shape index (κ2) is 12.7. The Bertz CT molecular complexity index is 891. The van der Waals surface area contributed by atoms with E-state index in [1.807, 2.05) is 6.07 Å². The van der Waals surface area contributed by atoms with Crippen LogP contribution in [0.3, 0.4) is 0 Å². The minimum Gasteiger partial charge on any atom is -0.480 e. The number of carbonyl (C=O) groups excluding carboxylic acids is 4. The normalized spacial score (nSPS) is 17.1. The van der Waals surface area contributed by atoms with Crippen LogP contribution in [0.15, 0.2) is 30.3 Å². The summed E-state index contributed by atoms with van der Waals surface area (Å²) in [5, 5.41) is 17.1. The number of likely N-dealkylation sites (tertiary alicyclic amines) is 1. The monoisotopic (exact) mass is 475 g/mol. The minimum absolute atomic E-state index is 0.149. The molecule has 1 aromatic carbocycles. The van der Waals surface area contributed by atoms with Crippen molar-refractivity contribution in [3.05, 3.63) is 35.9 Å². The molecule has 11 nitrogen and oxygen atoms in total. The Morgan fingerprint density at radius 3 is 2.38 bits per heavy atom. The molecule has 1 aliphatic heterocycles. The summed E-state index contributed by atoms with van der Waals surface area (Å²) < 4.78 is 0. The summed E-state index contributed by atoms with van der Waals surface area (Å²) in [7, 11) is 0. The molecule has 4 amide bonds. The number of carboxylic acid groups (broad SMARTS) is 1. The SMILES string of the molecule is CC(C)[C@H](NC(=O)[C@H](Cc1ccccc1)NC(=O)[C@@H]1CCCN1C(=O)CNC(=O)CN)C(=O)O. The highest BCUT2D eigenvalue weighted by Crippen LogP contribution is 2.18. The van der Waals surface area contributed by atoms with Crippen LogP contribution in [0.2, 0.25) is 0 Å². The predicted octanol–water partition coefficient (Wildman–Crippen LogP) is -0.995. The van der Waals surface area contributed by atoms with E-state index in [0.717, 1.165) is 5.56 Å². The van der Waals surface area contributed by atoms with Crippen LogP contribution < -0.4 is 21.7 Å². The van der Waals surface area contributed by atoms with E-state index in [-0.39, 0.29) is 25.4 Å². The van der Waals surface area contributed by atoms with Crippen molar-refractivity contribution in [2.45, 2.75) is 51.2 Å². The number of nitrogens with one attached hydrogen (secondary N) is 3. The Balaban J connectivity index is 2.14. The number of hydrogen-bond donors (Lipinski definition) is 5. The fourth-order valence-electron chi connectivity index (χ4n) is 3.78. The van der Waals surface area contributed by atoms with Crippen molar-refractivity contribution >= 4 is 29.6 Å². The zero-order valence-corrected chi connectivity index (χ0v) is 19.5. The molecule has 0 saturated carbocycles. The van der Waals surface area contributed by atoms with Gasteiger partial charge >= 0.3 is 5.97 Å². The molecule has 2 rings (SSSR count). The van der Waals surface area contributed by atoms with Gasteiger partial charge < -0.3 is 31.7 Å². The van der Waals surface area contributed by atoms with E-state index in [2.05, 4.69) is 16.0 Å². The van der Waals surface area contributed by atoms with Crippen LogP contribution in [0.25, 0.3) is 0 Å². The van der Waals surface area contributed by atoms with Gasteiger partial charge in [-0.1, -0.05) is 44.2 Å². The number of aliphatic carboxylic acids is 1. The lowest BCUT2D eigenvalue weighted by Crippen LogP contribution is -2.57. The topological polar surface area (TPSA) is 171 Å². The number of carboxylic acids is 1. The third kappa shape index (κ3) is 7.55. The van der Waals surface area contributed by atoms with Crippen molar-refractivity contribution in [3.8, 4) is 0 Å². The Morgan fingerprint density at radius 2 is 1.79 bits per heavy atom. The number of hydrogen-bond acceptors (Lipinski definition) is 6. The fraction of sp³-hybridized carbons (Fsp3) is 0.522. The predicted molar refractivity (Wildman–Crippen MR) is 123 cm³/mol. The first-order chi connectivity index (χ1) is 16.1. The van der Waals surface area contributed by atoms with Gasteiger partial charge in [-0.05, 0) is 24.3 Å². The molecule has 0 aliphatic carbocycles. The van der Waals surface area contributed by atoms with Crippen molar-refractivity contribution in [1.29, 1.82) is 0 Å². The lowest BCUT2D eigenvalue weighted by atomic mass is 10.0. The van der Waals surface area contributed by atoms with Gasteiger partial charge in [-0.15, -0.1) is 0 Å². The molecule has 0 aromatic heterocycles. The highest BCUT2D eigenvalue weighted by atomic mass is 16.4. The number of benzene rings is 1. The van der Waals surface area contributed by atoms with Crippen molar-refractivity contribution in [3.63, 3.8) is 0 Å². The largest absolute Gasteiger partial charge is 0.480 e. The van der Waals surface area contributed by atoms with E-state index in [9.17, 15) is 29.1 Å². The van der Waals surface area contributed by atoms with Crippen molar-refractivity contribution in [1.82, 2.24) is 20.9 Å². The average Bonchev–Trinajstić information content (AvgIpc) is 3.30. The summed E-state index contributed by atoms with van der Waals surface area (Å²) in [5.74, 6) is -3.56. The van der Waals surface area contributed by atoms with Crippen LogP contribution in [-0.2, 0) is 30.4 Å². The van der Waals surface area contributed by atoms with Gasteiger partial charge in [0.05, 0.1) is 13.1 Å². The van der Waals surface area contributed by atoms with Crippen molar-refractivity contribution in [2.75, 3.05) is 19.6 Å². The van der Waals surface area contributed by atoms with Gasteiger partial charge in [0, 0.05) is 13.0 Å². The standard InChI is InChI=1S/C23H33N5O6/c1-14(2)20(23(33)34)27-21(31)16(11-15-7-4-3-5-8-15)26-22(32)17-9-6-10-28(17)19(30)13-25-18(29)12-24/h3-5,7-8,14,16-17,20H,6,9-13,24H2,1-2H3,(H,25,29)(H,26,32)(H,27,31)(H,33,34)/t16-,17-,20-/m0/s1. The van der Waals surface area contributed by atoms with Crippen LogP contribution in [0, 0.1) is 5.92 Å². The molecule has 1 saturated heterocycles. The molecule has 1 fully saturated rings. The summed E-state index contributed by atoms with van der Waals surface area (Å²) in [6, 6.07) is 6.07. The number of carbonyl (C=O) groups is 5. The van der Waals surface area contributed by atoms with Crippen LogP contribution in [0.4, 0.5) is 0 Å². The first-order valence-corrected chi connectivity index (χ1v) is 11.3. The lowest BCUT2D eigenvalue weighted by molar-refractivity contribution is -0.144. The Hall–Kier alpha value is -3.47. The van der Waals surface area contributed by atoms with E-state index in [4.69, 9.17) is 5.73 Å². The quantitative estimate of drug-likeness (QED) is 0.273. The second-order valence-electron chi connectivity index (χ2n) is 8.55. The summed E-state index contributed by atoms with van der Waals surface area (Å²) in [6.07, 6.45) is 1.15. The van der Waals surface area contributed by atoms with Gasteiger partial charge in [0.1, 0.15) is 18.1 Å². The van der Waals surface area contributed by atoms with E-state index in [1.165, 1.54) is 4.90 Å². The molecule has 11 heteroatoms. The van der Waals surface area contributed by atoms with Crippen LogP contribution in [0.5, 0.6) is 0 Å². The summed E-state index contributed by atoms with van der Waals surface area (Å²) >= 11 is 0. The van der Waals surface area contributed by atoms with Gasteiger partial charge in [0.25, 0.3) is 0 Å². The third-order valence-corrected chi connectivity index (χ3v) is 5.64. The van der Waals surface area contributed by atoms with Gasteiger partial charge in [-0.2, -0.15) is 0 Å². The van der Waals surface area contributed by atoms with E-state index < -0.39 is 47.7 Å². The maximum absolute atomic E-state index is 13.1. The lowest BCUT2D eigenvalue weighted by Gasteiger charge is -2.27. The Morgan fingerprint density at radius 1 is 1.12 bits per heavy atom.